The van der Waals surface area contributed by atoms with Gasteiger partial charge in [-0.2, -0.15) is 10.5 Å². The second kappa shape index (κ2) is 5.54. The van der Waals surface area contributed by atoms with Crippen molar-refractivity contribution in [1.29, 1.82) is 10.5 Å². The van der Waals surface area contributed by atoms with Crippen LogP contribution in [0.15, 0.2) is 12.1 Å². The molecular formula is C17H17N5O3. The van der Waals surface area contributed by atoms with Crippen molar-refractivity contribution in [3.8, 4) is 12.1 Å². The van der Waals surface area contributed by atoms with Crippen LogP contribution in [0.4, 0.5) is 11.4 Å². The number of nitro benzene ring substituents is 1. The number of hydrogen-bond acceptors (Lipinski definition) is 7. The summed E-state index contributed by atoms with van der Waals surface area (Å²) in [5.41, 5.74) is -1.17. The first-order valence-electron chi connectivity index (χ1n) is 7.87. The number of fused-ring (bicyclic) bond motifs is 2. The molecule has 25 heavy (non-hydrogen) atoms. The Morgan fingerprint density at radius 2 is 1.68 bits per heavy atom. The van der Waals surface area contributed by atoms with Gasteiger partial charge >= 0.3 is 0 Å². The van der Waals surface area contributed by atoms with Crippen molar-refractivity contribution in [2.24, 2.45) is 10.8 Å². The average Bonchev–Trinajstić information content (AvgIpc) is 2.56. The quantitative estimate of drug-likeness (QED) is 0.637. The highest BCUT2D eigenvalue weighted by atomic mass is 16.6. The third-order valence-corrected chi connectivity index (χ3v) is 5.10. The zero-order chi connectivity index (χ0) is 18.4. The number of rotatable bonds is 2. The maximum atomic E-state index is 12.8. The van der Waals surface area contributed by atoms with E-state index in [0.29, 0.717) is 26.2 Å². The van der Waals surface area contributed by atoms with Crippen molar-refractivity contribution in [2.75, 3.05) is 31.1 Å². The maximum Gasteiger partial charge on any atom is 0.293 e. The van der Waals surface area contributed by atoms with Crippen molar-refractivity contribution >= 4 is 17.2 Å². The van der Waals surface area contributed by atoms with Gasteiger partial charge in [-0.05, 0) is 19.9 Å². The monoisotopic (exact) mass is 339 g/mol. The summed E-state index contributed by atoms with van der Waals surface area (Å²) in [6.07, 6.45) is 0. The topological polar surface area (TPSA) is 123 Å². The summed E-state index contributed by atoms with van der Waals surface area (Å²) in [5, 5.41) is 33.1. The van der Waals surface area contributed by atoms with Gasteiger partial charge < -0.3 is 10.2 Å². The van der Waals surface area contributed by atoms with Crippen molar-refractivity contribution in [3.63, 3.8) is 0 Å². The number of carbonyl (C=O) groups excluding carboxylic acids is 1. The number of carbonyl (C=O) groups is 1. The highest BCUT2D eigenvalue weighted by Crippen LogP contribution is 2.43. The van der Waals surface area contributed by atoms with Crippen LogP contribution in [-0.2, 0) is 4.79 Å². The summed E-state index contributed by atoms with van der Waals surface area (Å²) in [6, 6.07) is 6.28. The Morgan fingerprint density at radius 1 is 1.16 bits per heavy atom. The summed E-state index contributed by atoms with van der Waals surface area (Å²) in [7, 11) is 0. The lowest BCUT2D eigenvalue weighted by Gasteiger charge is -2.52. The largest absolute Gasteiger partial charge is 0.364 e. The molecule has 2 bridgehead atoms. The van der Waals surface area contributed by atoms with Gasteiger partial charge in [-0.3, -0.25) is 14.9 Å². The van der Waals surface area contributed by atoms with Gasteiger partial charge in [0.2, 0.25) is 0 Å². The van der Waals surface area contributed by atoms with Gasteiger partial charge in [0, 0.05) is 32.2 Å². The number of nitrogens with one attached hydrogen (secondary N) is 1. The van der Waals surface area contributed by atoms with Crippen LogP contribution < -0.4 is 10.2 Å². The number of Topliss-reactive ketones (excluding diaryl/α,β-unsaturated/α-hetero) is 1. The lowest BCUT2D eigenvalue weighted by Crippen LogP contribution is -2.67. The van der Waals surface area contributed by atoms with Gasteiger partial charge in [0.15, 0.2) is 5.78 Å². The normalized spacial score (nSPS) is 28.2. The van der Waals surface area contributed by atoms with Crippen LogP contribution in [0, 0.1) is 43.6 Å². The minimum Gasteiger partial charge on any atom is -0.364 e. The predicted octanol–water partition coefficient (Wildman–Crippen LogP) is 1.34. The highest BCUT2D eigenvalue weighted by Gasteiger charge is 2.54. The molecule has 0 unspecified atom stereocenters. The fourth-order valence-corrected chi connectivity index (χ4v) is 3.99. The number of hydrogen-bond donors (Lipinski definition) is 1. The minimum absolute atomic E-state index is 0.0229. The molecule has 2 aliphatic heterocycles. The van der Waals surface area contributed by atoms with Gasteiger partial charge in [0.05, 0.1) is 26.9 Å². The van der Waals surface area contributed by atoms with E-state index in [9.17, 15) is 20.2 Å². The molecule has 0 amide bonds. The van der Waals surface area contributed by atoms with Gasteiger partial charge in [-0.15, -0.1) is 0 Å². The Morgan fingerprint density at radius 3 is 2.16 bits per heavy atom. The molecule has 2 aliphatic rings. The third-order valence-electron chi connectivity index (χ3n) is 5.10. The number of anilines is 1. The molecule has 1 aromatic carbocycles. The Kier molecular flexibility index (Phi) is 3.74. The summed E-state index contributed by atoms with van der Waals surface area (Å²) >= 11 is 0. The first-order chi connectivity index (χ1) is 11.7. The number of piperidine rings is 2. The second-order valence-corrected chi connectivity index (χ2v) is 7.28. The Bertz CT molecular complexity index is 846. The number of benzene rings is 1. The molecule has 2 saturated heterocycles. The third kappa shape index (κ3) is 2.51. The van der Waals surface area contributed by atoms with Crippen molar-refractivity contribution in [3.05, 3.63) is 33.4 Å². The summed E-state index contributed by atoms with van der Waals surface area (Å²) in [6.45, 7) is 5.37. The maximum absolute atomic E-state index is 12.8. The van der Waals surface area contributed by atoms with E-state index in [1.54, 1.807) is 0 Å². The molecule has 8 nitrogen and oxygen atoms in total. The molecule has 1 aromatic rings. The first-order valence-corrected chi connectivity index (χ1v) is 7.87. The van der Waals surface area contributed by atoms with Crippen molar-refractivity contribution in [1.82, 2.24) is 5.32 Å². The lowest BCUT2D eigenvalue weighted by molar-refractivity contribution is -0.384. The fraction of sp³-hybridized carbons (Fsp3) is 0.471. The number of nitrogens with zero attached hydrogens (tertiary/aromatic N) is 4. The lowest BCUT2D eigenvalue weighted by atomic mass is 9.65. The molecule has 0 spiro atoms. The highest BCUT2D eigenvalue weighted by molar-refractivity contribution is 5.94. The molecule has 0 radical (unpaired) electrons. The standard InChI is InChI=1S/C17H17N5O3/c1-16-7-20-8-17(2,15(16)23)10-21(9-16)13-3-11(5-18)12(6-19)4-14(13)22(24)25/h3-4,20H,7-10H2,1-2H3/t16-,17-/m0/s1. The number of ketones is 1. The van der Waals surface area contributed by atoms with Gasteiger partial charge in [0.25, 0.3) is 5.69 Å². The SMILES string of the molecule is C[C@]12CNC[C@@](C)(CN(c3cc(C#N)c(C#N)cc3[N+](=O)[O-])C1)C2=O. The zero-order valence-electron chi connectivity index (χ0n) is 14.0. The van der Waals surface area contributed by atoms with Crippen molar-refractivity contribution < 1.29 is 9.72 Å². The predicted molar refractivity (Wildman–Crippen MR) is 88.8 cm³/mol. The van der Waals surface area contributed by atoms with E-state index in [-0.39, 0.29) is 28.3 Å². The number of nitro groups is 1. The van der Waals surface area contributed by atoms with Crippen LogP contribution in [0.2, 0.25) is 0 Å². The average molecular weight is 339 g/mol. The van der Waals surface area contributed by atoms with Crippen LogP contribution in [-0.4, -0.2) is 36.9 Å². The van der Waals surface area contributed by atoms with E-state index in [2.05, 4.69) is 5.32 Å². The van der Waals surface area contributed by atoms with Gasteiger partial charge in [0.1, 0.15) is 17.8 Å². The molecule has 0 saturated carbocycles. The van der Waals surface area contributed by atoms with E-state index < -0.39 is 15.8 Å². The molecule has 0 aliphatic carbocycles. The second-order valence-electron chi connectivity index (χ2n) is 7.28. The Hall–Kier alpha value is -2.97. The van der Waals surface area contributed by atoms with Gasteiger partial charge in [-0.1, -0.05) is 0 Å². The van der Waals surface area contributed by atoms with Crippen LogP contribution >= 0.6 is 0 Å². The molecule has 128 valence electrons. The molecule has 1 N–H and O–H groups in total. The van der Waals surface area contributed by atoms with Crippen LogP contribution in [0.5, 0.6) is 0 Å². The molecule has 0 aromatic heterocycles. The molecular weight excluding hydrogens is 322 g/mol. The van der Waals surface area contributed by atoms with E-state index in [1.165, 1.54) is 6.07 Å². The van der Waals surface area contributed by atoms with E-state index >= 15 is 0 Å². The first kappa shape index (κ1) is 16.9. The van der Waals surface area contributed by atoms with Crippen LogP contribution in [0.25, 0.3) is 0 Å². The summed E-state index contributed by atoms with van der Waals surface area (Å²) in [5.74, 6) is 0.159. The van der Waals surface area contributed by atoms with Crippen molar-refractivity contribution in [2.45, 2.75) is 13.8 Å². The van der Waals surface area contributed by atoms with Crippen LogP contribution in [0.3, 0.4) is 0 Å². The summed E-state index contributed by atoms with van der Waals surface area (Å²) in [4.78, 5) is 25.5. The molecule has 2 fully saturated rings. The molecule has 8 heteroatoms. The molecule has 2 atom stereocenters. The van der Waals surface area contributed by atoms with E-state index in [0.717, 1.165) is 6.07 Å². The number of nitriles is 2. The fourth-order valence-electron chi connectivity index (χ4n) is 3.99. The van der Waals surface area contributed by atoms with Crippen LogP contribution in [0.1, 0.15) is 25.0 Å². The zero-order valence-corrected chi connectivity index (χ0v) is 14.0. The summed E-state index contributed by atoms with van der Waals surface area (Å²) < 4.78 is 0. The minimum atomic E-state index is -0.653. The smallest absolute Gasteiger partial charge is 0.293 e. The molecule has 3 rings (SSSR count). The van der Waals surface area contributed by atoms with E-state index in [1.807, 2.05) is 30.9 Å². The Balaban J connectivity index is 2.14. The van der Waals surface area contributed by atoms with Gasteiger partial charge in [-0.25, -0.2) is 0 Å². The molecule has 2 heterocycles. The van der Waals surface area contributed by atoms with E-state index in [4.69, 9.17) is 5.26 Å². The Labute approximate surface area is 144 Å².